The molecule has 0 fully saturated rings. The molecule has 0 saturated carbocycles. The maximum Gasteiger partial charge on any atom is 3.00 e. The molecular formula is C12H24NO12Zr. The summed E-state index contributed by atoms with van der Waals surface area (Å²) in [7, 11) is 0. The smallest absolute Gasteiger partial charge is 0.547 e. The zero-order valence-electron chi connectivity index (χ0n) is 14.9. The molecular weight excluding hydrogens is 441 g/mol. The summed E-state index contributed by atoms with van der Waals surface area (Å²) in [6.45, 7) is 4.54. The predicted octanol–water partition coefficient (Wildman–Crippen LogP) is -7.16. The Morgan fingerprint density at radius 2 is 0.577 bits per heavy atom. The van der Waals surface area contributed by atoms with Crippen molar-refractivity contribution in [2.24, 2.45) is 0 Å². The van der Waals surface area contributed by atoms with Gasteiger partial charge in [-0.1, -0.05) is 0 Å². The molecule has 0 aliphatic carbocycles. The third-order valence-corrected chi connectivity index (χ3v) is 1.36. The molecule has 0 aliphatic heterocycles. The van der Waals surface area contributed by atoms with Gasteiger partial charge in [0.2, 0.25) is 0 Å². The Labute approximate surface area is 168 Å². The number of quaternary nitrogens is 1. The average molecular weight is 466 g/mol. The summed E-state index contributed by atoms with van der Waals surface area (Å²) in [5.74, 6) is -5.74. The van der Waals surface area contributed by atoms with Crippen LogP contribution in [0.2, 0.25) is 0 Å². The van der Waals surface area contributed by atoms with Crippen molar-refractivity contribution in [3.8, 4) is 0 Å². The second-order valence-electron chi connectivity index (χ2n) is 3.98. The van der Waals surface area contributed by atoms with Crippen LogP contribution in [0.25, 0.3) is 0 Å². The fourth-order valence-electron chi connectivity index (χ4n) is 0. The van der Waals surface area contributed by atoms with Gasteiger partial charge in [-0.25, -0.2) is 0 Å². The maximum atomic E-state index is 9.34. The normalized spacial score (nSPS) is 12.6. The number of hydrogen-bond donors (Lipinski definition) is 5. The van der Waals surface area contributed by atoms with Gasteiger partial charge in [-0.05, 0) is 27.7 Å². The van der Waals surface area contributed by atoms with E-state index in [4.69, 9.17) is 20.4 Å². The van der Waals surface area contributed by atoms with Crippen LogP contribution in [0, 0.1) is 0 Å². The second kappa shape index (κ2) is 23.6. The summed E-state index contributed by atoms with van der Waals surface area (Å²) in [4.78, 5) is 37.4. The van der Waals surface area contributed by atoms with Crippen LogP contribution in [0.5, 0.6) is 0 Å². The van der Waals surface area contributed by atoms with Crippen LogP contribution in [0.3, 0.4) is 0 Å². The molecule has 0 aromatic heterocycles. The van der Waals surface area contributed by atoms with Gasteiger partial charge in [-0.2, -0.15) is 0 Å². The minimum atomic E-state index is -1.44. The topological polar surface area (TPSA) is 278 Å². The molecule has 4 atom stereocenters. The van der Waals surface area contributed by atoms with Gasteiger partial charge in [-0.15, -0.1) is 0 Å². The van der Waals surface area contributed by atoms with Crippen LogP contribution in [-0.2, 0) is 45.4 Å². The molecule has 1 radical (unpaired) electrons. The molecule has 8 N–H and O–H groups in total. The van der Waals surface area contributed by atoms with Crippen molar-refractivity contribution in [1.29, 1.82) is 0 Å². The van der Waals surface area contributed by atoms with Crippen molar-refractivity contribution in [2.75, 3.05) is 0 Å². The van der Waals surface area contributed by atoms with Crippen molar-refractivity contribution < 1.29 is 86.2 Å². The van der Waals surface area contributed by atoms with Crippen LogP contribution in [-0.4, -0.2) is 68.7 Å². The first kappa shape index (κ1) is 39.6. The zero-order valence-corrected chi connectivity index (χ0v) is 17.3. The Morgan fingerprint density at radius 3 is 0.577 bits per heavy atom. The van der Waals surface area contributed by atoms with Crippen LogP contribution < -0.4 is 26.6 Å². The number of carbonyl (C=O) groups is 4. The van der Waals surface area contributed by atoms with Crippen LogP contribution in [0.4, 0.5) is 0 Å². The van der Waals surface area contributed by atoms with Crippen molar-refractivity contribution in [1.82, 2.24) is 6.15 Å². The molecule has 13 nitrogen and oxygen atoms in total. The number of carboxylic acids is 4. The van der Waals surface area contributed by atoms with E-state index < -0.39 is 48.3 Å². The largest absolute Gasteiger partial charge is 3.00 e. The van der Waals surface area contributed by atoms with E-state index >= 15 is 0 Å². The molecule has 0 bridgehead atoms. The molecule has 0 aromatic carbocycles. The van der Waals surface area contributed by atoms with Gasteiger partial charge in [0.25, 0.3) is 0 Å². The summed E-state index contributed by atoms with van der Waals surface area (Å²) in [5, 5.41) is 69.2. The van der Waals surface area contributed by atoms with E-state index in [1.54, 1.807) is 0 Å². The third kappa shape index (κ3) is 49.5. The van der Waals surface area contributed by atoms with Gasteiger partial charge in [0, 0.05) is 0 Å². The first-order valence-corrected chi connectivity index (χ1v) is 6.13. The van der Waals surface area contributed by atoms with Gasteiger partial charge in [0.05, 0.1) is 48.3 Å². The Balaban J connectivity index is -0.0000000500. The standard InChI is InChI=1S/4C3H6O3.H3N.Zr/c4*1-2(4)3(5)6;;/h4*2,4H,1H3,(H,5,6);1H3;/q;;;;;+3/p-3. The Morgan fingerprint density at radius 1 is 0.538 bits per heavy atom. The van der Waals surface area contributed by atoms with Gasteiger partial charge in [-0.3, -0.25) is 0 Å². The minimum absolute atomic E-state index is 0. The van der Waals surface area contributed by atoms with Gasteiger partial charge < -0.3 is 66.2 Å². The molecule has 0 saturated heterocycles. The number of hydrogen-bond acceptors (Lipinski definition) is 12. The number of aliphatic hydroxyl groups excluding tert-OH is 4. The Kier molecular flexibility index (Phi) is 35.9. The van der Waals surface area contributed by atoms with E-state index in [-0.39, 0.29) is 32.4 Å². The fourth-order valence-corrected chi connectivity index (χ4v) is 0. The van der Waals surface area contributed by atoms with Gasteiger partial charge >= 0.3 is 26.2 Å². The summed E-state index contributed by atoms with van der Waals surface area (Å²) in [5.41, 5.74) is 0. The van der Waals surface area contributed by atoms with Crippen molar-refractivity contribution in [2.45, 2.75) is 52.1 Å². The van der Waals surface area contributed by atoms with Crippen LogP contribution >= 0.6 is 0 Å². The molecule has 153 valence electrons. The minimum Gasteiger partial charge on any atom is -0.547 e. The predicted molar refractivity (Wildman–Crippen MR) is 72.7 cm³/mol. The zero-order chi connectivity index (χ0) is 20.6. The SMILES string of the molecule is CC(O)C(=O)[O-].CC(O)C(=O)[O-].CC(O)C(=O)[O-].CC(O)C(=O)[O-].[NH4+].[Zr+3]. The molecule has 0 heterocycles. The average Bonchev–Trinajstić information content (AvgIpc) is 2.40. The fraction of sp³-hybridized carbons (Fsp3) is 0.667. The van der Waals surface area contributed by atoms with Crippen molar-refractivity contribution in [3.05, 3.63) is 0 Å². The third-order valence-electron chi connectivity index (χ3n) is 1.36. The van der Waals surface area contributed by atoms with E-state index in [9.17, 15) is 39.6 Å². The van der Waals surface area contributed by atoms with E-state index in [0.717, 1.165) is 27.7 Å². The first-order valence-electron chi connectivity index (χ1n) is 6.13. The summed E-state index contributed by atoms with van der Waals surface area (Å²) in [6.07, 6.45) is -5.37. The quantitative estimate of drug-likeness (QED) is 0.259. The number of aliphatic hydroxyl groups is 4. The molecule has 0 spiro atoms. The molecule has 4 unspecified atom stereocenters. The van der Waals surface area contributed by atoms with E-state index in [1.807, 2.05) is 0 Å². The monoisotopic (exact) mass is 464 g/mol. The number of carbonyl (C=O) groups excluding carboxylic acids is 4. The van der Waals surface area contributed by atoms with E-state index in [2.05, 4.69) is 0 Å². The van der Waals surface area contributed by atoms with Crippen molar-refractivity contribution >= 4 is 23.9 Å². The second-order valence-corrected chi connectivity index (χ2v) is 3.98. The Bertz CT molecular complexity index is 312. The van der Waals surface area contributed by atoms with Crippen LogP contribution in [0.1, 0.15) is 27.7 Å². The van der Waals surface area contributed by atoms with Crippen molar-refractivity contribution in [3.63, 3.8) is 0 Å². The van der Waals surface area contributed by atoms with Gasteiger partial charge in [0.1, 0.15) is 0 Å². The van der Waals surface area contributed by atoms with E-state index in [1.165, 1.54) is 0 Å². The molecule has 0 aromatic rings. The molecule has 0 rings (SSSR count). The first-order chi connectivity index (χ1) is 10.6. The maximum absolute atomic E-state index is 9.34. The van der Waals surface area contributed by atoms with E-state index in [0.29, 0.717) is 0 Å². The van der Waals surface area contributed by atoms with Crippen LogP contribution in [0.15, 0.2) is 0 Å². The number of aliphatic carboxylic acids is 4. The molecule has 0 aliphatic rings. The summed E-state index contributed by atoms with van der Waals surface area (Å²) >= 11 is 0. The van der Waals surface area contributed by atoms with Gasteiger partial charge in [0.15, 0.2) is 0 Å². The number of rotatable bonds is 4. The molecule has 0 amide bonds. The number of carboxylic acid groups (broad SMARTS) is 4. The summed E-state index contributed by atoms with van der Waals surface area (Å²) in [6, 6.07) is 0. The molecule has 14 heteroatoms. The molecule has 26 heavy (non-hydrogen) atoms. The Hall–Kier alpha value is -1.44. The summed E-state index contributed by atoms with van der Waals surface area (Å²) < 4.78 is 0.